The van der Waals surface area contributed by atoms with Crippen molar-refractivity contribution in [2.75, 3.05) is 29.4 Å². The summed E-state index contributed by atoms with van der Waals surface area (Å²) < 4.78 is 0.870. The van der Waals surface area contributed by atoms with Gasteiger partial charge in [0.2, 0.25) is 0 Å². The zero-order valence-corrected chi connectivity index (χ0v) is 15.8. The number of aryl methyl sites for hydroxylation is 1. The van der Waals surface area contributed by atoms with Crippen LogP contribution in [-0.4, -0.2) is 35.6 Å². The van der Waals surface area contributed by atoms with Crippen molar-refractivity contribution in [3.63, 3.8) is 0 Å². The third-order valence-electron chi connectivity index (χ3n) is 5.35. The fourth-order valence-electron chi connectivity index (χ4n) is 4.06. The van der Waals surface area contributed by atoms with E-state index in [1.807, 2.05) is 25.3 Å². The average Bonchev–Trinajstić information content (AvgIpc) is 3.04. The third-order valence-corrected chi connectivity index (χ3v) is 6.01. The molecular weight excluding hydrogens is 378 g/mol. The summed E-state index contributed by atoms with van der Waals surface area (Å²) in [7, 11) is 0. The topological polar surface area (TPSA) is 56.1 Å². The van der Waals surface area contributed by atoms with Gasteiger partial charge in [0.15, 0.2) is 0 Å². The number of hydrogen-bond donors (Lipinski definition) is 0. The van der Waals surface area contributed by atoms with E-state index in [0.717, 1.165) is 41.7 Å². The number of benzene rings is 1. The molecule has 4 rings (SSSR count). The number of anilines is 2. The van der Waals surface area contributed by atoms with E-state index >= 15 is 0 Å². The molecular formula is C19H20BrN5. The molecule has 1 aromatic carbocycles. The molecule has 5 nitrogen and oxygen atoms in total. The van der Waals surface area contributed by atoms with Crippen molar-refractivity contribution in [1.82, 2.24) is 9.97 Å². The molecule has 0 N–H and O–H groups in total. The fraction of sp³-hybridized carbons (Fsp3) is 0.421. The lowest BCUT2D eigenvalue weighted by Gasteiger charge is -2.40. The summed E-state index contributed by atoms with van der Waals surface area (Å²) >= 11 is 3.52. The van der Waals surface area contributed by atoms with E-state index in [4.69, 9.17) is 5.26 Å². The van der Waals surface area contributed by atoms with Gasteiger partial charge in [-0.1, -0.05) is 0 Å². The molecule has 2 aliphatic heterocycles. The molecule has 25 heavy (non-hydrogen) atoms. The van der Waals surface area contributed by atoms with Crippen LogP contribution < -0.4 is 9.80 Å². The summed E-state index contributed by atoms with van der Waals surface area (Å²) in [6, 6.07) is 10.8. The summed E-state index contributed by atoms with van der Waals surface area (Å²) in [6.07, 6.45) is 4.27. The normalized spacial score (nSPS) is 22.6. The minimum Gasteiger partial charge on any atom is -0.366 e. The quantitative estimate of drug-likeness (QED) is 0.775. The summed E-state index contributed by atoms with van der Waals surface area (Å²) in [5, 5.41) is 9.13. The second-order valence-electron chi connectivity index (χ2n) is 6.78. The van der Waals surface area contributed by atoms with Crippen LogP contribution in [0, 0.1) is 24.2 Å². The van der Waals surface area contributed by atoms with Crippen LogP contribution in [0.15, 0.2) is 34.9 Å². The van der Waals surface area contributed by atoms with Gasteiger partial charge in [-0.25, -0.2) is 9.97 Å². The van der Waals surface area contributed by atoms with Crippen molar-refractivity contribution in [2.24, 2.45) is 5.92 Å². The monoisotopic (exact) mass is 397 g/mol. The second-order valence-corrected chi connectivity index (χ2v) is 7.64. The van der Waals surface area contributed by atoms with Crippen LogP contribution >= 0.6 is 15.9 Å². The number of piperidine rings is 1. The predicted octanol–water partition coefficient (Wildman–Crippen LogP) is 3.52. The Kier molecular flexibility index (Phi) is 4.34. The van der Waals surface area contributed by atoms with Gasteiger partial charge in [-0.2, -0.15) is 5.26 Å². The Bertz CT molecular complexity index is 831. The van der Waals surface area contributed by atoms with Crippen molar-refractivity contribution in [1.29, 1.82) is 5.26 Å². The molecule has 0 radical (unpaired) electrons. The summed E-state index contributed by atoms with van der Waals surface area (Å²) in [6.45, 7) is 5.05. The Labute approximate surface area is 156 Å². The minimum absolute atomic E-state index is 0.490. The molecule has 2 aliphatic rings. The van der Waals surface area contributed by atoms with E-state index in [0.29, 0.717) is 11.6 Å². The highest BCUT2D eigenvalue weighted by molar-refractivity contribution is 9.10. The highest BCUT2D eigenvalue weighted by Crippen LogP contribution is 2.37. The summed E-state index contributed by atoms with van der Waals surface area (Å²) in [5.41, 5.74) is 1.88. The van der Waals surface area contributed by atoms with Gasteiger partial charge in [-0.15, -0.1) is 0 Å². The smallest absolute Gasteiger partial charge is 0.132 e. The lowest BCUT2D eigenvalue weighted by molar-refractivity contribution is 0.389. The van der Waals surface area contributed by atoms with Gasteiger partial charge in [0.1, 0.15) is 17.7 Å². The number of halogens is 1. The van der Waals surface area contributed by atoms with Gasteiger partial charge in [0, 0.05) is 42.0 Å². The number of nitrogens with zero attached hydrogens (tertiary/aromatic N) is 5. The molecule has 2 fully saturated rings. The largest absolute Gasteiger partial charge is 0.366 e. The first kappa shape index (κ1) is 16.3. The number of hydrogen-bond acceptors (Lipinski definition) is 5. The predicted molar refractivity (Wildman–Crippen MR) is 102 cm³/mol. The van der Waals surface area contributed by atoms with E-state index in [1.54, 1.807) is 0 Å². The van der Waals surface area contributed by atoms with Gasteiger partial charge in [0.05, 0.1) is 5.56 Å². The van der Waals surface area contributed by atoms with Crippen LogP contribution in [0.5, 0.6) is 0 Å². The molecule has 1 aromatic heterocycles. The molecule has 0 aliphatic carbocycles. The van der Waals surface area contributed by atoms with Crippen molar-refractivity contribution in [3.8, 4) is 6.07 Å². The first-order chi connectivity index (χ1) is 12.2. The van der Waals surface area contributed by atoms with E-state index in [2.05, 4.69) is 53.9 Å². The molecule has 3 heterocycles. The molecule has 2 saturated heterocycles. The van der Waals surface area contributed by atoms with E-state index in [-0.39, 0.29) is 0 Å². The molecule has 0 saturated carbocycles. The molecule has 2 unspecified atom stereocenters. The van der Waals surface area contributed by atoms with Gasteiger partial charge in [-0.3, -0.25) is 0 Å². The van der Waals surface area contributed by atoms with Gasteiger partial charge in [0.25, 0.3) is 0 Å². The average molecular weight is 398 g/mol. The van der Waals surface area contributed by atoms with Crippen molar-refractivity contribution in [3.05, 3.63) is 46.3 Å². The number of fused-ring (bicyclic) bond motifs is 1. The maximum Gasteiger partial charge on any atom is 0.132 e. The second kappa shape index (κ2) is 6.64. The molecule has 2 aromatic rings. The van der Waals surface area contributed by atoms with Gasteiger partial charge >= 0.3 is 0 Å². The number of aromatic nitrogens is 2. The zero-order valence-electron chi connectivity index (χ0n) is 14.2. The van der Waals surface area contributed by atoms with Crippen molar-refractivity contribution < 1.29 is 0 Å². The highest BCUT2D eigenvalue weighted by atomic mass is 79.9. The number of nitriles is 1. The van der Waals surface area contributed by atoms with Crippen LogP contribution in [0.25, 0.3) is 0 Å². The lowest BCUT2D eigenvalue weighted by Crippen LogP contribution is -2.48. The Hall–Kier alpha value is -2.13. The Morgan fingerprint density at radius 3 is 2.84 bits per heavy atom. The van der Waals surface area contributed by atoms with E-state index in [9.17, 15) is 0 Å². The van der Waals surface area contributed by atoms with E-state index < -0.39 is 0 Å². The van der Waals surface area contributed by atoms with Crippen LogP contribution in [0.4, 0.5) is 11.5 Å². The first-order valence-electron chi connectivity index (χ1n) is 8.66. The van der Waals surface area contributed by atoms with Crippen molar-refractivity contribution in [2.45, 2.75) is 25.8 Å². The molecule has 0 spiro atoms. The third kappa shape index (κ3) is 3.09. The fourth-order valence-corrected chi connectivity index (χ4v) is 4.52. The van der Waals surface area contributed by atoms with E-state index in [1.165, 1.54) is 18.5 Å². The molecule has 6 heteroatoms. The zero-order chi connectivity index (χ0) is 17.4. The van der Waals surface area contributed by atoms with Crippen LogP contribution in [0.2, 0.25) is 0 Å². The first-order valence-corrected chi connectivity index (χ1v) is 9.46. The Morgan fingerprint density at radius 2 is 2.08 bits per heavy atom. The molecule has 128 valence electrons. The highest BCUT2D eigenvalue weighted by Gasteiger charge is 2.38. The maximum absolute atomic E-state index is 9.13. The molecule has 0 amide bonds. The Balaban J connectivity index is 1.58. The Morgan fingerprint density at radius 1 is 1.24 bits per heavy atom. The summed E-state index contributed by atoms with van der Waals surface area (Å²) in [4.78, 5) is 13.7. The van der Waals surface area contributed by atoms with Gasteiger partial charge in [-0.05, 0) is 65.9 Å². The van der Waals surface area contributed by atoms with Crippen molar-refractivity contribution >= 4 is 27.4 Å². The maximum atomic E-state index is 9.13. The molecule has 0 bridgehead atoms. The van der Waals surface area contributed by atoms with Gasteiger partial charge < -0.3 is 9.80 Å². The minimum atomic E-state index is 0.490. The standard InChI is InChI=1S/C19H20BrN5/c1-13-22-7-4-19(23-13)24-8-5-14-6-9-25(18(14)12-24)16-3-2-15(11-21)17(20)10-16/h2-4,7,10,14,18H,5-6,8-9,12H2,1H3. The molecule has 2 atom stereocenters. The van der Waals surface area contributed by atoms with Crippen LogP contribution in [0.3, 0.4) is 0 Å². The SMILES string of the molecule is Cc1nccc(N2CCC3CCN(c4ccc(C#N)c(Br)c4)C3C2)n1. The number of rotatable bonds is 2. The van der Waals surface area contributed by atoms with Crippen LogP contribution in [-0.2, 0) is 0 Å². The summed E-state index contributed by atoms with van der Waals surface area (Å²) in [5.74, 6) is 2.58. The lowest BCUT2D eigenvalue weighted by atomic mass is 9.92. The van der Waals surface area contributed by atoms with Crippen LogP contribution in [0.1, 0.15) is 24.2 Å².